The Labute approximate surface area is 170 Å². The highest BCUT2D eigenvalue weighted by Crippen LogP contribution is 2.25. The van der Waals surface area contributed by atoms with Crippen molar-refractivity contribution in [2.24, 2.45) is 5.73 Å². The molecule has 2 amide bonds. The Balaban J connectivity index is 2.20. The fourth-order valence-corrected chi connectivity index (χ4v) is 2.87. The summed E-state index contributed by atoms with van der Waals surface area (Å²) in [5.74, 6) is -1.75. The van der Waals surface area contributed by atoms with Crippen LogP contribution in [0.15, 0.2) is 18.2 Å². The molecule has 2 rings (SSSR count). The number of aryl methyl sites for hydroxylation is 1. The van der Waals surface area contributed by atoms with Crippen molar-refractivity contribution in [3.8, 4) is 0 Å². The fourth-order valence-electron chi connectivity index (χ4n) is 2.87. The molecule has 160 valence electrons. The third-order valence-electron chi connectivity index (χ3n) is 4.27. The Morgan fingerprint density at radius 3 is 2.55 bits per heavy atom. The highest BCUT2D eigenvalue weighted by Gasteiger charge is 2.45. The zero-order valence-electron chi connectivity index (χ0n) is 17.5. The normalized spacial score (nSPS) is 16.9. The number of hydrogen-bond donors (Lipinski definition) is 2. The van der Waals surface area contributed by atoms with Crippen LogP contribution in [0.3, 0.4) is 0 Å². The molecule has 29 heavy (non-hydrogen) atoms. The number of nitrogens with two attached hydrogens (primary N) is 1. The number of hydrogen-bond acceptors (Lipinski definition) is 7. The van der Waals surface area contributed by atoms with Crippen LogP contribution >= 0.6 is 0 Å². The second-order valence-electron chi connectivity index (χ2n) is 7.96. The molecule has 0 bridgehead atoms. The van der Waals surface area contributed by atoms with Crippen LogP contribution in [0.25, 0.3) is 0 Å². The van der Waals surface area contributed by atoms with Crippen molar-refractivity contribution in [3.63, 3.8) is 0 Å². The van der Waals surface area contributed by atoms with Crippen LogP contribution in [0, 0.1) is 6.92 Å². The number of anilines is 2. The fraction of sp³-hybridized carbons (Fsp3) is 0.550. The summed E-state index contributed by atoms with van der Waals surface area (Å²) >= 11 is 0. The highest BCUT2D eigenvalue weighted by atomic mass is 16.6. The predicted molar refractivity (Wildman–Crippen MR) is 108 cm³/mol. The number of benzene rings is 1. The number of amides is 2. The Morgan fingerprint density at radius 2 is 2.00 bits per heavy atom. The van der Waals surface area contributed by atoms with E-state index in [1.165, 1.54) is 7.11 Å². The first-order chi connectivity index (χ1) is 13.5. The summed E-state index contributed by atoms with van der Waals surface area (Å²) < 4.78 is 15.4. The molecule has 3 N–H and O–H groups in total. The number of carbonyl (C=O) groups excluding carboxylic acids is 3. The van der Waals surface area contributed by atoms with Crippen molar-refractivity contribution in [1.29, 1.82) is 0 Å². The van der Waals surface area contributed by atoms with E-state index in [-0.39, 0.29) is 19.1 Å². The van der Waals surface area contributed by atoms with Crippen LogP contribution in [0.1, 0.15) is 26.3 Å². The number of methoxy groups -OCH3 is 1. The lowest BCUT2D eigenvalue weighted by atomic mass is 10.00. The van der Waals surface area contributed by atoms with Gasteiger partial charge in [-0.1, -0.05) is 0 Å². The van der Waals surface area contributed by atoms with Gasteiger partial charge in [-0.3, -0.25) is 9.59 Å². The van der Waals surface area contributed by atoms with E-state index in [9.17, 15) is 14.4 Å². The Hall–Kier alpha value is -2.49. The summed E-state index contributed by atoms with van der Waals surface area (Å²) in [5.41, 5.74) is 5.22. The molecule has 1 aromatic rings. The van der Waals surface area contributed by atoms with E-state index < -0.39 is 23.0 Å². The summed E-state index contributed by atoms with van der Waals surface area (Å²) in [5, 5.41) is 2.64. The number of esters is 1. The highest BCUT2D eigenvalue weighted by molar-refractivity contribution is 6.13. The third kappa shape index (κ3) is 5.53. The molecular weight excluding hydrogens is 378 g/mol. The van der Waals surface area contributed by atoms with Gasteiger partial charge < -0.3 is 30.2 Å². The first-order valence-corrected chi connectivity index (χ1v) is 9.29. The second-order valence-corrected chi connectivity index (χ2v) is 7.96. The molecular formula is C20H29N3O6. The summed E-state index contributed by atoms with van der Waals surface area (Å²) in [4.78, 5) is 39.0. The molecule has 1 aliphatic rings. The molecule has 1 saturated heterocycles. The van der Waals surface area contributed by atoms with E-state index in [0.717, 1.165) is 11.3 Å². The molecule has 0 aromatic heterocycles. The van der Waals surface area contributed by atoms with Gasteiger partial charge in [0.05, 0.1) is 13.2 Å². The maximum absolute atomic E-state index is 12.8. The van der Waals surface area contributed by atoms with Gasteiger partial charge in [-0.25, -0.2) is 4.79 Å². The Bertz CT molecular complexity index is 789. The van der Waals surface area contributed by atoms with Crippen LogP contribution in [0.4, 0.5) is 11.4 Å². The summed E-state index contributed by atoms with van der Waals surface area (Å²) in [6.07, 6.45) is 0. The molecule has 0 saturated carbocycles. The molecule has 0 aliphatic carbocycles. The van der Waals surface area contributed by atoms with E-state index in [4.69, 9.17) is 19.9 Å². The lowest BCUT2D eigenvalue weighted by molar-refractivity contribution is -0.165. The molecule has 9 heteroatoms. The molecule has 1 aliphatic heterocycles. The van der Waals surface area contributed by atoms with E-state index in [2.05, 4.69) is 5.32 Å². The van der Waals surface area contributed by atoms with Gasteiger partial charge in [0, 0.05) is 25.0 Å². The van der Waals surface area contributed by atoms with Crippen molar-refractivity contribution < 1.29 is 28.6 Å². The van der Waals surface area contributed by atoms with Crippen LogP contribution in [-0.4, -0.2) is 62.4 Å². The van der Waals surface area contributed by atoms with Gasteiger partial charge in [-0.2, -0.15) is 0 Å². The third-order valence-corrected chi connectivity index (χ3v) is 4.27. The van der Waals surface area contributed by atoms with Gasteiger partial charge in [-0.15, -0.1) is 0 Å². The SMILES string of the molecule is COC[C@@](N)(C(=O)Nc1ccc(N2CCOCC2=O)c(C)c1)C(=O)OC(C)(C)C. The average Bonchev–Trinajstić information content (AvgIpc) is 2.61. The van der Waals surface area contributed by atoms with E-state index in [1.807, 2.05) is 6.92 Å². The molecule has 9 nitrogen and oxygen atoms in total. The number of carbonyl (C=O) groups is 3. The van der Waals surface area contributed by atoms with E-state index >= 15 is 0 Å². The first kappa shape index (κ1) is 22.8. The van der Waals surface area contributed by atoms with Gasteiger partial charge in [0.25, 0.3) is 11.8 Å². The standard InChI is InChI=1S/C20H29N3O6/c1-13-10-14(6-7-15(13)23-8-9-28-11-16(23)24)22-17(25)20(21,12-27-5)18(26)29-19(2,3)4/h6-7,10H,8-9,11-12,21H2,1-5H3,(H,22,25)/t20-/m1/s1. The molecule has 0 radical (unpaired) electrons. The first-order valence-electron chi connectivity index (χ1n) is 9.29. The number of nitrogens with zero attached hydrogens (tertiary/aromatic N) is 1. The van der Waals surface area contributed by atoms with Crippen LogP contribution < -0.4 is 16.0 Å². The van der Waals surface area contributed by atoms with E-state index in [0.29, 0.717) is 18.8 Å². The van der Waals surface area contributed by atoms with Gasteiger partial charge in [-0.05, 0) is 51.5 Å². The Morgan fingerprint density at radius 1 is 1.31 bits per heavy atom. The van der Waals surface area contributed by atoms with Crippen molar-refractivity contribution >= 4 is 29.2 Å². The quantitative estimate of drug-likeness (QED) is 0.533. The molecule has 0 spiro atoms. The zero-order valence-corrected chi connectivity index (χ0v) is 17.5. The Kier molecular flexibility index (Phi) is 6.99. The minimum absolute atomic E-state index is 0.0422. The molecule has 1 heterocycles. The van der Waals surface area contributed by atoms with E-state index in [1.54, 1.807) is 43.9 Å². The number of ether oxygens (including phenoxy) is 3. The number of nitrogens with one attached hydrogen (secondary N) is 1. The molecule has 0 unspecified atom stereocenters. The van der Waals surface area contributed by atoms with Crippen molar-refractivity contribution in [2.75, 3.05) is 43.7 Å². The maximum Gasteiger partial charge on any atom is 0.338 e. The van der Waals surface area contributed by atoms with Gasteiger partial charge >= 0.3 is 5.97 Å². The predicted octanol–water partition coefficient (Wildman–Crippen LogP) is 0.982. The largest absolute Gasteiger partial charge is 0.458 e. The van der Waals surface area contributed by atoms with Crippen LogP contribution in [0.5, 0.6) is 0 Å². The topological polar surface area (TPSA) is 120 Å². The van der Waals surface area contributed by atoms with Crippen molar-refractivity contribution in [3.05, 3.63) is 23.8 Å². The van der Waals surface area contributed by atoms with Crippen LogP contribution in [0.2, 0.25) is 0 Å². The molecule has 1 fully saturated rings. The van der Waals surface area contributed by atoms with Crippen molar-refractivity contribution in [2.45, 2.75) is 38.8 Å². The zero-order chi connectivity index (χ0) is 21.8. The monoisotopic (exact) mass is 407 g/mol. The minimum atomic E-state index is -2.01. The smallest absolute Gasteiger partial charge is 0.338 e. The number of rotatable bonds is 6. The number of morpholine rings is 1. The summed E-state index contributed by atoms with van der Waals surface area (Å²) in [6, 6.07) is 5.08. The summed E-state index contributed by atoms with van der Waals surface area (Å²) in [7, 11) is 1.34. The van der Waals surface area contributed by atoms with Crippen molar-refractivity contribution in [1.82, 2.24) is 0 Å². The second kappa shape index (κ2) is 8.89. The molecule has 1 atom stereocenters. The van der Waals surface area contributed by atoms with Crippen LogP contribution in [-0.2, 0) is 28.6 Å². The maximum atomic E-state index is 12.8. The summed E-state index contributed by atoms with van der Waals surface area (Å²) in [6.45, 7) is 7.51. The van der Waals surface area contributed by atoms with Gasteiger partial charge in [0.1, 0.15) is 12.2 Å². The lowest BCUT2D eigenvalue weighted by Gasteiger charge is -2.30. The average molecular weight is 407 g/mol. The molecule has 1 aromatic carbocycles. The minimum Gasteiger partial charge on any atom is -0.458 e. The van der Waals surface area contributed by atoms with Gasteiger partial charge in [0.2, 0.25) is 5.54 Å². The van der Waals surface area contributed by atoms with Gasteiger partial charge in [0.15, 0.2) is 0 Å². The lowest BCUT2D eigenvalue weighted by Crippen LogP contribution is -2.62.